The molecule has 5 nitrogen and oxygen atoms in total. The van der Waals surface area contributed by atoms with Crippen molar-refractivity contribution in [3.8, 4) is 11.5 Å². The van der Waals surface area contributed by atoms with Crippen LogP contribution in [0, 0.1) is 5.82 Å². The first kappa shape index (κ1) is 16.5. The van der Waals surface area contributed by atoms with Gasteiger partial charge in [-0.3, -0.25) is 5.21 Å². The zero-order valence-corrected chi connectivity index (χ0v) is 12.6. The van der Waals surface area contributed by atoms with Crippen molar-refractivity contribution < 1.29 is 19.1 Å². The molecule has 2 N–H and O–H groups in total. The van der Waals surface area contributed by atoms with Crippen molar-refractivity contribution in [2.24, 2.45) is 0 Å². The number of amides is 2. The number of rotatable bonds is 5. The summed E-state index contributed by atoms with van der Waals surface area (Å²) in [7, 11) is 1.23. The zero-order valence-electron chi connectivity index (χ0n) is 12.6. The molecule has 2 rings (SSSR count). The molecule has 6 heteroatoms. The second kappa shape index (κ2) is 7.95. The Morgan fingerprint density at radius 2 is 2.04 bits per heavy atom. The maximum atomic E-state index is 13.8. The fourth-order valence-electron chi connectivity index (χ4n) is 1.77. The first-order valence-corrected chi connectivity index (χ1v) is 6.95. The van der Waals surface area contributed by atoms with Crippen LogP contribution in [0.15, 0.2) is 54.6 Å². The molecule has 2 aromatic carbocycles. The lowest BCUT2D eigenvalue weighted by atomic mass is 10.2. The van der Waals surface area contributed by atoms with Gasteiger partial charge in [-0.1, -0.05) is 36.4 Å². The number of urea groups is 1. The van der Waals surface area contributed by atoms with Gasteiger partial charge < -0.3 is 10.1 Å². The molecule has 0 spiro atoms. The Bertz CT molecular complexity index is 687. The number of halogens is 1. The number of para-hydroxylation sites is 1. The van der Waals surface area contributed by atoms with E-state index in [1.54, 1.807) is 48.6 Å². The van der Waals surface area contributed by atoms with Crippen LogP contribution < -0.4 is 10.1 Å². The van der Waals surface area contributed by atoms with E-state index in [4.69, 9.17) is 9.94 Å². The summed E-state index contributed by atoms with van der Waals surface area (Å²) in [6.07, 6.45) is 3.40. The van der Waals surface area contributed by atoms with Crippen LogP contribution in [0.3, 0.4) is 0 Å². The molecule has 23 heavy (non-hydrogen) atoms. The summed E-state index contributed by atoms with van der Waals surface area (Å²) in [6.45, 7) is 0.232. The molecular weight excluding hydrogens is 299 g/mol. The van der Waals surface area contributed by atoms with E-state index in [0.717, 1.165) is 5.56 Å². The number of hydrogen-bond donors (Lipinski definition) is 2. The van der Waals surface area contributed by atoms with Gasteiger partial charge in [0, 0.05) is 13.6 Å². The summed E-state index contributed by atoms with van der Waals surface area (Å²) in [4.78, 5) is 11.1. The van der Waals surface area contributed by atoms with Crippen molar-refractivity contribution in [2.45, 2.75) is 0 Å². The lowest BCUT2D eigenvalue weighted by molar-refractivity contribution is -0.0178. The van der Waals surface area contributed by atoms with Gasteiger partial charge in [0.2, 0.25) is 0 Å². The highest BCUT2D eigenvalue weighted by Crippen LogP contribution is 2.25. The highest BCUT2D eigenvalue weighted by Gasteiger charge is 2.05. The minimum atomic E-state index is -0.609. The summed E-state index contributed by atoms with van der Waals surface area (Å²) < 4.78 is 19.3. The average Bonchev–Trinajstić information content (AvgIpc) is 2.55. The fourth-order valence-corrected chi connectivity index (χ4v) is 1.77. The fraction of sp³-hybridized carbons (Fsp3) is 0.118. The van der Waals surface area contributed by atoms with Crippen LogP contribution in [0.4, 0.5) is 9.18 Å². The van der Waals surface area contributed by atoms with Gasteiger partial charge in [0.15, 0.2) is 11.6 Å². The van der Waals surface area contributed by atoms with E-state index in [-0.39, 0.29) is 12.3 Å². The monoisotopic (exact) mass is 316 g/mol. The Balaban J connectivity index is 2.01. The second-order valence-electron chi connectivity index (χ2n) is 4.72. The van der Waals surface area contributed by atoms with Crippen LogP contribution in [-0.4, -0.2) is 29.9 Å². The highest BCUT2D eigenvalue weighted by atomic mass is 19.1. The number of nitrogens with one attached hydrogen (secondary N) is 1. The number of ether oxygens (including phenoxy) is 1. The van der Waals surface area contributed by atoms with Crippen LogP contribution in [0.1, 0.15) is 5.56 Å². The van der Waals surface area contributed by atoms with E-state index in [9.17, 15) is 9.18 Å². The minimum Gasteiger partial charge on any atom is -0.454 e. The van der Waals surface area contributed by atoms with Gasteiger partial charge >= 0.3 is 6.03 Å². The number of benzene rings is 2. The third-order valence-corrected chi connectivity index (χ3v) is 2.90. The van der Waals surface area contributed by atoms with Crippen molar-refractivity contribution in [1.82, 2.24) is 10.4 Å². The largest absolute Gasteiger partial charge is 0.454 e. The Kier molecular flexibility index (Phi) is 5.71. The van der Waals surface area contributed by atoms with Crippen molar-refractivity contribution in [1.29, 1.82) is 0 Å². The van der Waals surface area contributed by atoms with Crippen LogP contribution >= 0.6 is 0 Å². The molecule has 0 radical (unpaired) electrons. The normalized spacial score (nSPS) is 10.6. The number of hydroxylamine groups is 2. The van der Waals surface area contributed by atoms with Gasteiger partial charge in [-0.25, -0.2) is 14.2 Å². The predicted octanol–water partition coefficient (Wildman–Crippen LogP) is 3.66. The first-order valence-electron chi connectivity index (χ1n) is 6.95. The number of hydrogen-bond acceptors (Lipinski definition) is 3. The molecule has 0 heterocycles. The maximum Gasteiger partial charge on any atom is 0.341 e. The van der Waals surface area contributed by atoms with Crippen molar-refractivity contribution in [2.75, 3.05) is 13.6 Å². The summed E-state index contributed by atoms with van der Waals surface area (Å²) in [5.74, 6) is 0.212. The van der Waals surface area contributed by atoms with E-state index in [0.29, 0.717) is 10.8 Å². The lowest BCUT2D eigenvalue weighted by Gasteiger charge is -2.08. The van der Waals surface area contributed by atoms with Gasteiger partial charge in [0.25, 0.3) is 0 Å². The quantitative estimate of drug-likeness (QED) is 0.653. The first-order chi connectivity index (χ1) is 11.1. The lowest BCUT2D eigenvalue weighted by Crippen LogP contribution is -2.34. The Morgan fingerprint density at radius 1 is 1.30 bits per heavy atom. The molecule has 0 aliphatic heterocycles. The molecule has 0 unspecified atom stereocenters. The number of carbonyl (C=O) groups excluding carboxylic acids is 1. The van der Waals surface area contributed by atoms with Gasteiger partial charge in [-0.05, 0) is 29.8 Å². The minimum absolute atomic E-state index is 0.123. The van der Waals surface area contributed by atoms with E-state index >= 15 is 0 Å². The van der Waals surface area contributed by atoms with Crippen molar-refractivity contribution in [3.63, 3.8) is 0 Å². The third-order valence-electron chi connectivity index (χ3n) is 2.90. The smallest absolute Gasteiger partial charge is 0.341 e. The zero-order chi connectivity index (χ0) is 16.7. The molecule has 0 aliphatic carbocycles. The SMILES string of the molecule is CN(O)C(=O)NC/C=C/c1ccc(F)c(Oc2ccccc2)c1. The summed E-state index contributed by atoms with van der Waals surface area (Å²) in [5, 5.41) is 11.8. The topological polar surface area (TPSA) is 61.8 Å². The van der Waals surface area contributed by atoms with Crippen LogP contribution in [0.2, 0.25) is 0 Å². The van der Waals surface area contributed by atoms with E-state index < -0.39 is 11.8 Å². The van der Waals surface area contributed by atoms with Gasteiger partial charge in [-0.2, -0.15) is 0 Å². The number of nitrogens with zero attached hydrogens (tertiary/aromatic N) is 1. The van der Waals surface area contributed by atoms with Gasteiger partial charge in [0.05, 0.1) is 0 Å². The Labute approximate surface area is 133 Å². The van der Waals surface area contributed by atoms with E-state index in [1.807, 2.05) is 6.07 Å². The van der Waals surface area contributed by atoms with Gasteiger partial charge in [0.1, 0.15) is 5.75 Å². The molecule has 0 aliphatic rings. The molecule has 0 fully saturated rings. The molecular formula is C17H17FN2O3. The van der Waals surface area contributed by atoms with E-state index in [2.05, 4.69) is 5.32 Å². The molecule has 2 aromatic rings. The second-order valence-corrected chi connectivity index (χ2v) is 4.72. The standard InChI is InChI=1S/C17H17FN2O3/c1-20(22)17(21)19-11-5-6-13-9-10-15(18)16(12-13)23-14-7-3-2-4-8-14/h2-10,12,22H,11H2,1H3,(H,19,21)/b6-5+. The number of carbonyl (C=O) groups is 1. The van der Waals surface area contributed by atoms with E-state index in [1.165, 1.54) is 13.1 Å². The summed E-state index contributed by atoms with van der Waals surface area (Å²) in [6, 6.07) is 12.8. The molecule has 0 atom stereocenters. The summed E-state index contributed by atoms with van der Waals surface area (Å²) >= 11 is 0. The summed E-state index contributed by atoms with van der Waals surface area (Å²) in [5.41, 5.74) is 0.726. The third kappa shape index (κ3) is 5.12. The average molecular weight is 316 g/mol. The van der Waals surface area contributed by atoms with Crippen molar-refractivity contribution in [3.05, 3.63) is 66.0 Å². The van der Waals surface area contributed by atoms with Crippen LogP contribution in [-0.2, 0) is 0 Å². The predicted molar refractivity (Wildman–Crippen MR) is 84.9 cm³/mol. The molecule has 0 saturated heterocycles. The maximum absolute atomic E-state index is 13.8. The van der Waals surface area contributed by atoms with Crippen molar-refractivity contribution >= 4 is 12.1 Å². The Morgan fingerprint density at radius 3 is 2.74 bits per heavy atom. The Hall–Kier alpha value is -2.86. The van der Waals surface area contributed by atoms with Gasteiger partial charge in [-0.15, -0.1) is 0 Å². The molecule has 0 aromatic heterocycles. The van der Waals surface area contributed by atoms with Crippen LogP contribution in [0.5, 0.6) is 11.5 Å². The highest BCUT2D eigenvalue weighted by molar-refractivity contribution is 5.72. The molecule has 120 valence electrons. The molecule has 2 amide bonds. The van der Waals surface area contributed by atoms with Crippen LogP contribution in [0.25, 0.3) is 6.08 Å². The molecule has 0 bridgehead atoms. The molecule has 0 saturated carbocycles.